The van der Waals surface area contributed by atoms with E-state index in [1.807, 2.05) is 52.0 Å². The van der Waals surface area contributed by atoms with Crippen LogP contribution in [-0.4, -0.2) is 25.1 Å². The predicted octanol–water partition coefficient (Wildman–Crippen LogP) is 5.89. The highest BCUT2D eigenvalue weighted by Gasteiger charge is 2.13. The molecule has 0 fully saturated rings. The molecule has 4 nitrogen and oxygen atoms in total. The molecule has 0 atom stereocenters. The van der Waals surface area contributed by atoms with Crippen molar-refractivity contribution in [3.05, 3.63) is 71.8 Å². The van der Waals surface area contributed by atoms with Crippen LogP contribution in [0.3, 0.4) is 0 Å². The summed E-state index contributed by atoms with van der Waals surface area (Å²) in [5, 5.41) is 0. The molecule has 0 bridgehead atoms. The average molecular weight is 395 g/mol. The molecule has 0 aliphatic heterocycles. The molecule has 2 rings (SSSR count). The third kappa shape index (κ3) is 6.53. The first-order valence-corrected chi connectivity index (χ1v) is 9.81. The fraction of sp³-hybridized carbons (Fsp3) is 0.320. The van der Waals surface area contributed by atoms with E-state index in [4.69, 9.17) is 14.2 Å². The first kappa shape index (κ1) is 22.3. The summed E-state index contributed by atoms with van der Waals surface area (Å²) in [6, 6.07) is 10.9. The van der Waals surface area contributed by atoms with Crippen LogP contribution in [0.4, 0.5) is 0 Å². The molecule has 2 aromatic carbocycles. The van der Waals surface area contributed by atoms with Crippen LogP contribution >= 0.6 is 0 Å². The molecule has 0 heterocycles. The minimum Gasteiger partial charge on any atom is -0.497 e. The molecule has 0 saturated heterocycles. The van der Waals surface area contributed by atoms with Crippen LogP contribution in [0.5, 0.6) is 17.2 Å². The number of carbonyl (C=O) groups is 1. The first-order chi connectivity index (χ1) is 13.8. The van der Waals surface area contributed by atoms with Crippen molar-refractivity contribution in [1.29, 1.82) is 0 Å². The van der Waals surface area contributed by atoms with E-state index in [1.54, 1.807) is 37.5 Å². The molecule has 0 radical (unpaired) electrons. The van der Waals surface area contributed by atoms with Crippen molar-refractivity contribution in [3.63, 3.8) is 0 Å². The van der Waals surface area contributed by atoms with Gasteiger partial charge in [-0.25, -0.2) is 0 Å². The maximum Gasteiger partial charge on any atom is 0.185 e. The van der Waals surface area contributed by atoms with Crippen molar-refractivity contribution in [3.8, 4) is 17.2 Å². The minimum absolute atomic E-state index is 0.0191. The van der Waals surface area contributed by atoms with Gasteiger partial charge < -0.3 is 14.2 Å². The Hall–Kier alpha value is -3.01. The number of benzene rings is 2. The molecule has 2 aromatic rings. The number of hydrogen-bond donors (Lipinski definition) is 0. The van der Waals surface area contributed by atoms with Gasteiger partial charge in [-0.3, -0.25) is 4.79 Å². The molecule has 29 heavy (non-hydrogen) atoms. The van der Waals surface area contributed by atoms with Crippen molar-refractivity contribution in [2.24, 2.45) is 0 Å². The third-order valence-corrected chi connectivity index (χ3v) is 4.09. The lowest BCUT2D eigenvalue weighted by atomic mass is 10.0. The van der Waals surface area contributed by atoms with E-state index in [2.05, 4.69) is 6.58 Å². The highest BCUT2D eigenvalue weighted by molar-refractivity contribution is 6.07. The number of methoxy groups -OCH3 is 1. The van der Waals surface area contributed by atoms with Crippen molar-refractivity contribution < 1.29 is 19.0 Å². The quantitative estimate of drug-likeness (QED) is 0.286. The van der Waals surface area contributed by atoms with Gasteiger partial charge in [-0.15, -0.1) is 6.58 Å². The largest absolute Gasteiger partial charge is 0.497 e. The highest BCUT2D eigenvalue weighted by Crippen LogP contribution is 2.32. The van der Waals surface area contributed by atoms with E-state index < -0.39 is 0 Å². The van der Waals surface area contributed by atoms with E-state index in [9.17, 15) is 4.79 Å². The van der Waals surface area contributed by atoms with Crippen LogP contribution in [0.1, 0.15) is 49.2 Å². The zero-order chi connectivity index (χ0) is 21.4. The van der Waals surface area contributed by atoms with Crippen molar-refractivity contribution in [2.75, 3.05) is 7.11 Å². The zero-order valence-electron chi connectivity index (χ0n) is 17.9. The van der Waals surface area contributed by atoms with E-state index in [-0.39, 0.29) is 18.0 Å². The van der Waals surface area contributed by atoms with Gasteiger partial charge in [0.15, 0.2) is 5.78 Å². The van der Waals surface area contributed by atoms with Crippen LogP contribution in [0.2, 0.25) is 0 Å². The molecule has 4 heteroatoms. The number of ether oxygens (including phenoxy) is 3. The Morgan fingerprint density at radius 2 is 1.66 bits per heavy atom. The summed E-state index contributed by atoms with van der Waals surface area (Å²) in [6.07, 6.45) is 5.89. The Kier molecular flexibility index (Phi) is 8.08. The van der Waals surface area contributed by atoms with Crippen molar-refractivity contribution >= 4 is 11.9 Å². The Morgan fingerprint density at radius 3 is 2.21 bits per heavy atom. The first-order valence-electron chi connectivity index (χ1n) is 9.81. The summed E-state index contributed by atoms with van der Waals surface area (Å²) in [5.41, 5.74) is 2.45. The summed E-state index contributed by atoms with van der Waals surface area (Å²) in [6.45, 7) is 11.8. The number of ketones is 1. The van der Waals surface area contributed by atoms with E-state index in [0.717, 1.165) is 16.9 Å². The second kappa shape index (κ2) is 10.5. The fourth-order valence-electron chi connectivity index (χ4n) is 2.87. The molecule has 0 unspecified atom stereocenters. The Labute approximate surface area is 173 Å². The molecule has 0 spiro atoms. The average Bonchev–Trinajstić information content (AvgIpc) is 2.67. The summed E-state index contributed by atoms with van der Waals surface area (Å²) in [5.74, 6) is 2.08. The second-order valence-electron chi connectivity index (χ2n) is 7.24. The van der Waals surface area contributed by atoms with Crippen LogP contribution in [0.25, 0.3) is 6.08 Å². The van der Waals surface area contributed by atoms with Gasteiger partial charge in [0, 0.05) is 17.2 Å². The van der Waals surface area contributed by atoms with Gasteiger partial charge in [-0.05, 0) is 76.1 Å². The monoisotopic (exact) mass is 394 g/mol. The lowest BCUT2D eigenvalue weighted by Crippen LogP contribution is -2.10. The fourth-order valence-corrected chi connectivity index (χ4v) is 2.87. The van der Waals surface area contributed by atoms with Crippen LogP contribution in [-0.2, 0) is 6.42 Å². The Bertz CT molecular complexity index is 861. The molecular formula is C25H30O4. The molecule has 0 N–H and O–H groups in total. The number of hydrogen-bond acceptors (Lipinski definition) is 4. The molecule has 0 aliphatic carbocycles. The summed E-state index contributed by atoms with van der Waals surface area (Å²) >= 11 is 0. The standard InChI is InChI=1S/C25H30O4/c1-7-8-23-20(11-14-24(26)19-9-12-21(27-6)13-10-19)15-22(28-17(2)3)16-25(23)29-18(4)5/h7,9-18H,1,8H2,2-6H3/b14-11+. The lowest BCUT2D eigenvalue weighted by Gasteiger charge is -2.19. The molecule has 0 aliphatic rings. The summed E-state index contributed by atoms with van der Waals surface area (Å²) in [7, 11) is 1.60. The molecule has 0 amide bonds. The molecular weight excluding hydrogens is 364 g/mol. The van der Waals surface area contributed by atoms with E-state index >= 15 is 0 Å². The lowest BCUT2D eigenvalue weighted by molar-refractivity contribution is 0.104. The maximum atomic E-state index is 12.6. The van der Waals surface area contributed by atoms with Gasteiger partial charge in [0.05, 0.1) is 19.3 Å². The Morgan fingerprint density at radius 1 is 1.00 bits per heavy atom. The van der Waals surface area contributed by atoms with Gasteiger partial charge >= 0.3 is 0 Å². The van der Waals surface area contributed by atoms with E-state index in [1.165, 1.54) is 0 Å². The van der Waals surface area contributed by atoms with Crippen molar-refractivity contribution in [1.82, 2.24) is 0 Å². The number of carbonyl (C=O) groups excluding carboxylic acids is 1. The maximum absolute atomic E-state index is 12.6. The molecule has 0 saturated carbocycles. The van der Waals surface area contributed by atoms with E-state index in [0.29, 0.717) is 23.5 Å². The zero-order valence-corrected chi connectivity index (χ0v) is 17.9. The third-order valence-electron chi connectivity index (χ3n) is 4.09. The van der Waals surface area contributed by atoms with Gasteiger partial charge in [0.1, 0.15) is 17.2 Å². The number of allylic oxidation sites excluding steroid dienone is 2. The highest BCUT2D eigenvalue weighted by atomic mass is 16.5. The smallest absolute Gasteiger partial charge is 0.185 e. The van der Waals surface area contributed by atoms with Gasteiger partial charge in [-0.1, -0.05) is 12.2 Å². The molecule has 154 valence electrons. The minimum atomic E-state index is -0.0845. The predicted molar refractivity (Wildman–Crippen MR) is 118 cm³/mol. The second-order valence-corrected chi connectivity index (χ2v) is 7.24. The van der Waals surface area contributed by atoms with Gasteiger partial charge in [0.2, 0.25) is 0 Å². The summed E-state index contributed by atoms with van der Waals surface area (Å²) in [4.78, 5) is 12.6. The SMILES string of the molecule is C=CCc1c(/C=C/C(=O)c2ccc(OC)cc2)cc(OC(C)C)cc1OC(C)C. The molecule has 0 aromatic heterocycles. The Balaban J connectivity index is 2.42. The van der Waals surface area contributed by atoms with Crippen LogP contribution < -0.4 is 14.2 Å². The topological polar surface area (TPSA) is 44.8 Å². The van der Waals surface area contributed by atoms with Gasteiger partial charge in [0.25, 0.3) is 0 Å². The van der Waals surface area contributed by atoms with Gasteiger partial charge in [-0.2, -0.15) is 0 Å². The van der Waals surface area contributed by atoms with Crippen molar-refractivity contribution in [2.45, 2.75) is 46.3 Å². The summed E-state index contributed by atoms with van der Waals surface area (Å²) < 4.78 is 17.0. The van der Waals surface area contributed by atoms with Crippen LogP contribution in [0, 0.1) is 0 Å². The number of rotatable bonds is 10. The van der Waals surface area contributed by atoms with Crippen LogP contribution in [0.15, 0.2) is 55.1 Å². The normalized spacial score (nSPS) is 11.1.